The Morgan fingerprint density at radius 2 is 2.12 bits per heavy atom. The third-order valence-electron chi connectivity index (χ3n) is 4.79. The number of hydrogen-bond acceptors (Lipinski definition) is 6. The molecule has 1 aliphatic rings. The van der Waals surface area contributed by atoms with Gasteiger partial charge in [-0.1, -0.05) is 13.0 Å². The average molecular weight is 354 g/mol. The number of methoxy groups -OCH3 is 1. The van der Waals surface area contributed by atoms with Crippen LogP contribution >= 0.6 is 0 Å². The minimum absolute atomic E-state index is 0.289. The first-order chi connectivity index (χ1) is 12.5. The van der Waals surface area contributed by atoms with Gasteiger partial charge in [0.2, 0.25) is 0 Å². The maximum absolute atomic E-state index is 11.7. The maximum atomic E-state index is 11.7. The summed E-state index contributed by atoms with van der Waals surface area (Å²) >= 11 is 0. The zero-order valence-electron chi connectivity index (χ0n) is 15.9. The highest BCUT2D eigenvalue weighted by atomic mass is 16.5. The zero-order valence-corrected chi connectivity index (χ0v) is 15.9. The molecule has 0 spiro atoms. The van der Waals surface area contributed by atoms with Gasteiger partial charge in [0.05, 0.1) is 12.7 Å². The first kappa shape index (κ1) is 18.2. The van der Waals surface area contributed by atoms with E-state index in [1.54, 1.807) is 0 Å². The molecule has 6 nitrogen and oxygen atoms in total. The fraction of sp³-hybridized carbons (Fsp3) is 0.450. The van der Waals surface area contributed by atoms with E-state index >= 15 is 0 Å². The fourth-order valence-electron chi connectivity index (χ4n) is 3.14. The van der Waals surface area contributed by atoms with Crippen molar-refractivity contribution in [2.24, 2.45) is 0 Å². The predicted molar refractivity (Wildman–Crippen MR) is 103 cm³/mol. The molecule has 6 heteroatoms. The van der Waals surface area contributed by atoms with Crippen molar-refractivity contribution in [2.75, 3.05) is 23.9 Å². The number of hydrogen-bond donors (Lipinski definition) is 1. The molecule has 1 aliphatic heterocycles. The number of ether oxygens (including phenoxy) is 1. The van der Waals surface area contributed by atoms with E-state index in [2.05, 4.69) is 34.0 Å². The molecule has 1 atom stereocenters. The number of esters is 1. The number of benzene rings is 1. The van der Waals surface area contributed by atoms with Gasteiger partial charge in [0.1, 0.15) is 17.5 Å². The van der Waals surface area contributed by atoms with E-state index in [9.17, 15) is 4.79 Å². The van der Waals surface area contributed by atoms with Gasteiger partial charge in [-0.2, -0.15) is 0 Å². The van der Waals surface area contributed by atoms with Crippen molar-refractivity contribution in [3.63, 3.8) is 0 Å². The summed E-state index contributed by atoms with van der Waals surface area (Å²) in [4.78, 5) is 23.1. The Labute approximate surface area is 154 Å². The van der Waals surface area contributed by atoms with Gasteiger partial charge in [-0.15, -0.1) is 0 Å². The highest BCUT2D eigenvalue weighted by molar-refractivity contribution is 5.89. The van der Waals surface area contributed by atoms with Crippen molar-refractivity contribution < 1.29 is 9.53 Å². The lowest BCUT2D eigenvalue weighted by Gasteiger charge is -2.30. The van der Waals surface area contributed by atoms with Gasteiger partial charge >= 0.3 is 5.97 Å². The second-order valence-corrected chi connectivity index (χ2v) is 6.76. The van der Waals surface area contributed by atoms with Crippen molar-refractivity contribution in [3.05, 3.63) is 46.8 Å². The molecular weight excluding hydrogens is 328 g/mol. The molecular formula is C20H26N4O2. The monoisotopic (exact) mass is 354 g/mol. The second kappa shape index (κ2) is 7.72. The number of aromatic nitrogens is 2. The molecule has 1 aromatic carbocycles. The lowest BCUT2D eigenvalue weighted by atomic mass is 9.97. The Hall–Kier alpha value is -2.63. The molecule has 0 amide bonds. The van der Waals surface area contributed by atoms with Crippen molar-refractivity contribution in [1.82, 2.24) is 9.97 Å². The van der Waals surface area contributed by atoms with Gasteiger partial charge < -0.3 is 15.0 Å². The fourth-order valence-corrected chi connectivity index (χ4v) is 3.14. The summed E-state index contributed by atoms with van der Waals surface area (Å²) in [7, 11) is 1.41. The molecule has 0 unspecified atom stereocenters. The standard InChI is InChI=1S/C20H26N4O2/c1-5-13(2)21-18-11-19(23-14(3)22-18)24-9-8-15-10-16(20(25)26-4)6-7-17(15)12-24/h6-7,10-11,13H,5,8-9,12H2,1-4H3,(H,21,22,23)/t13-/m0/s1. The third-order valence-corrected chi connectivity index (χ3v) is 4.79. The highest BCUT2D eigenvalue weighted by Gasteiger charge is 2.20. The quantitative estimate of drug-likeness (QED) is 0.831. The van der Waals surface area contributed by atoms with E-state index in [0.29, 0.717) is 11.6 Å². The summed E-state index contributed by atoms with van der Waals surface area (Å²) in [5, 5.41) is 3.43. The third kappa shape index (κ3) is 3.95. The molecule has 0 bridgehead atoms. The summed E-state index contributed by atoms with van der Waals surface area (Å²) in [6, 6.07) is 8.18. The van der Waals surface area contributed by atoms with Crippen LogP contribution in [0.3, 0.4) is 0 Å². The van der Waals surface area contributed by atoms with Gasteiger partial charge in [-0.25, -0.2) is 14.8 Å². The highest BCUT2D eigenvalue weighted by Crippen LogP contribution is 2.26. The number of nitrogens with one attached hydrogen (secondary N) is 1. The summed E-state index contributed by atoms with van der Waals surface area (Å²) < 4.78 is 4.81. The van der Waals surface area contributed by atoms with Crippen LogP contribution < -0.4 is 10.2 Å². The Balaban J connectivity index is 1.81. The van der Waals surface area contributed by atoms with E-state index in [1.807, 2.05) is 31.2 Å². The second-order valence-electron chi connectivity index (χ2n) is 6.76. The number of fused-ring (bicyclic) bond motifs is 1. The molecule has 26 heavy (non-hydrogen) atoms. The minimum Gasteiger partial charge on any atom is -0.465 e. The van der Waals surface area contributed by atoms with Gasteiger partial charge in [-0.3, -0.25) is 0 Å². The molecule has 2 heterocycles. The van der Waals surface area contributed by atoms with E-state index in [4.69, 9.17) is 4.74 Å². The van der Waals surface area contributed by atoms with E-state index in [0.717, 1.165) is 43.4 Å². The van der Waals surface area contributed by atoms with E-state index in [1.165, 1.54) is 18.2 Å². The minimum atomic E-state index is -0.289. The Kier molecular flexibility index (Phi) is 5.40. The molecule has 0 saturated heterocycles. The van der Waals surface area contributed by atoms with E-state index in [-0.39, 0.29) is 5.97 Å². The van der Waals surface area contributed by atoms with Gasteiger partial charge in [0.25, 0.3) is 0 Å². The van der Waals surface area contributed by atoms with Crippen LogP contribution in [0.4, 0.5) is 11.6 Å². The smallest absolute Gasteiger partial charge is 0.337 e. The predicted octanol–water partition coefficient (Wildman–Crippen LogP) is 3.34. The molecule has 0 radical (unpaired) electrons. The Morgan fingerprint density at radius 1 is 1.31 bits per heavy atom. The van der Waals surface area contributed by atoms with Crippen molar-refractivity contribution >= 4 is 17.6 Å². The molecule has 3 rings (SSSR count). The molecule has 0 saturated carbocycles. The largest absolute Gasteiger partial charge is 0.465 e. The SMILES string of the molecule is CC[C@H](C)Nc1cc(N2CCc3cc(C(=O)OC)ccc3C2)nc(C)n1. The number of aryl methyl sites for hydroxylation is 1. The lowest BCUT2D eigenvalue weighted by Crippen LogP contribution is -2.31. The summed E-state index contributed by atoms with van der Waals surface area (Å²) in [5.74, 6) is 2.28. The zero-order chi connectivity index (χ0) is 18.7. The number of rotatable bonds is 5. The van der Waals surface area contributed by atoms with Gasteiger partial charge in [0.15, 0.2) is 0 Å². The van der Waals surface area contributed by atoms with Gasteiger partial charge in [-0.05, 0) is 49.9 Å². The van der Waals surface area contributed by atoms with E-state index < -0.39 is 0 Å². The Bertz CT molecular complexity index is 806. The number of carbonyl (C=O) groups excluding carboxylic acids is 1. The number of carbonyl (C=O) groups is 1. The van der Waals surface area contributed by atoms with Crippen molar-refractivity contribution in [2.45, 2.75) is 46.2 Å². The van der Waals surface area contributed by atoms with Gasteiger partial charge in [0, 0.05) is 25.2 Å². The van der Waals surface area contributed by atoms with Crippen LogP contribution in [0, 0.1) is 6.92 Å². The molecule has 1 aromatic heterocycles. The maximum Gasteiger partial charge on any atom is 0.337 e. The molecule has 1 N–H and O–H groups in total. The number of anilines is 2. The van der Waals surface area contributed by atoms with Crippen LogP contribution in [0.15, 0.2) is 24.3 Å². The molecule has 0 aliphatic carbocycles. The molecule has 0 fully saturated rings. The topological polar surface area (TPSA) is 67.4 Å². The summed E-state index contributed by atoms with van der Waals surface area (Å²) in [6.45, 7) is 7.85. The summed E-state index contributed by atoms with van der Waals surface area (Å²) in [6.07, 6.45) is 1.91. The van der Waals surface area contributed by atoms with Crippen LogP contribution in [-0.2, 0) is 17.7 Å². The number of nitrogens with zero attached hydrogens (tertiary/aromatic N) is 3. The molecule has 138 valence electrons. The first-order valence-corrected chi connectivity index (χ1v) is 9.07. The van der Waals surface area contributed by atoms with Crippen LogP contribution in [0.5, 0.6) is 0 Å². The van der Waals surface area contributed by atoms with Crippen LogP contribution in [0.2, 0.25) is 0 Å². The van der Waals surface area contributed by atoms with Crippen molar-refractivity contribution in [3.8, 4) is 0 Å². The van der Waals surface area contributed by atoms with Crippen LogP contribution in [-0.4, -0.2) is 35.6 Å². The van der Waals surface area contributed by atoms with Crippen LogP contribution in [0.1, 0.15) is 47.6 Å². The first-order valence-electron chi connectivity index (χ1n) is 9.07. The van der Waals surface area contributed by atoms with Crippen molar-refractivity contribution in [1.29, 1.82) is 0 Å². The molecule has 2 aromatic rings. The van der Waals surface area contributed by atoms with Crippen LogP contribution in [0.25, 0.3) is 0 Å². The normalized spacial score (nSPS) is 14.5. The lowest BCUT2D eigenvalue weighted by molar-refractivity contribution is 0.0600. The summed E-state index contributed by atoms with van der Waals surface area (Å²) in [5.41, 5.74) is 3.03. The Morgan fingerprint density at radius 3 is 2.85 bits per heavy atom. The average Bonchev–Trinajstić information content (AvgIpc) is 2.65.